The average molecular weight is 1020 g/mol. The Morgan fingerprint density at radius 3 is 0.836 bits per heavy atom. The fourth-order valence-corrected chi connectivity index (χ4v) is 8.54. The van der Waals surface area contributed by atoms with Crippen molar-refractivity contribution >= 4 is 17.9 Å². The summed E-state index contributed by atoms with van der Waals surface area (Å²) < 4.78 is 16.9. The quantitative estimate of drug-likeness (QED) is 0.0261. The normalized spacial score (nSPS) is 12.8. The molecule has 0 aromatic heterocycles. The monoisotopic (exact) mass is 1010 g/mol. The Labute approximate surface area is 451 Å². The molecule has 0 amide bonds. The van der Waals surface area contributed by atoms with Crippen LogP contribution in [0.2, 0.25) is 0 Å². The lowest BCUT2D eigenvalue weighted by molar-refractivity contribution is -0.167. The molecule has 0 N–H and O–H groups in total. The highest BCUT2D eigenvalue weighted by Crippen LogP contribution is 2.16. The van der Waals surface area contributed by atoms with E-state index in [1.165, 1.54) is 128 Å². The maximum absolute atomic E-state index is 12.9. The van der Waals surface area contributed by atoms with Crippen molar-refractivity contribution in [1.29, 1.82) is 0 Å². The molecule has 0 bridgehead atoms. The third-order valence-corrected chi connectivity index (χ3v) is 13.1. The van der Waals surface area contributed by atoms with E-state index in [1.807, 2.05) is 0 Å². The maximum atomic E-state index is 12.9. The predicted octanol–water partition coefficient (Wildman–Crippen LogP) is 20.9. The van der Waals surface area contributed by atoms with Gasteiger partial charge in [-0.2, -0.15) is 0 Å². The van der Waals surface area contributed by atoms with E-state index in [2.05, 4.69) is 118 Å². The molecule has 0 fully saturated rings. The van der Waals surface area contributed by atoms with Crippen molar-refractivity contribution in [2.45, 2.75) is 297 Å². The molecule has 6 heteroatoms. The zero-order valence-electron chi connectivity index (χ0n) is 47.9. The van der Waals surface area contributed by atoms with Gasteiger partial charge >= 0.3 is 17.9 Å². The van der Waals surface area contributed by atoms with Crippen LogP contribution in [0, 0.1) is 0 Å². The van der Waals surface area contributed by atoms with Crippen LogP contribution in [0.15, 0.2) is 97.2 Å². The van der Waals surface area contributed by atoms with Crippen molar-refractivity contribution in [1.82, 2.24) is 0 Å². The zero-order valence-corrected chi connectivity index (χ0v) is 47.9. The third kappa shape index (κ3) is 59.1. The molecule has 0 rings (SSSR count). The molecule has 0 aliphatic heterocycles. The van der Waals surface area contributed by atoms with Gasteiger partial charge < -0.3 is 14.2 Å². The predicted molar refractivity (Wildman–Crippen MR) is 316 cm³/mol. The second-order valence-corrected chi connectivity index (χ2v) is 20.2. The van der Waals surface area contributed by atoms with Crippen LogP contribution in [-0.4, -0.2) is 37.2 Å². The van der Waals surface area contributed by atoms with Crippen LogP contribution in [0.1, 0.15) is 290 Å². The first-order valence-electron chi connectivity index (χ1n) is 30.7. The molecule has 73 heavy (non-hydrogen) atoms. The first-order chi connectivity index (χ1) is 36.0. The first kappa shape index (κ1) is 69.3. The van der Waals surface area contributed by atoms with Crippen molar-refractivity contribution in [3.63, 3.8) is 0 Å². The minimum absolute atomic E-state index is 0.0855. The van der Waals surface area contributed by atoms with Crippen LogP contribution in [0.25, 0.3) is 0 Å². The molecule has 1 unspecified atom stereocenters. The Kier molecular flexibility index (Phi) is 57.8. The van der Waals surface area contributed by atoms with Gasteiger partial charge in [0, 0.05) is 19.3 Å². The lowest BCUT2D eigenvalue weighted by Crippen LogP contribution is -2.30. The molecule has 0 aromatic rings. The fourth-order valence-electron chi connectivity index (χ4n) is 8.54. The van der Waals surface area contributed by atoms with Gasteiger partial charge in [0.25, 0.3) is 0 Å². The first-order valence-corrected chi connectivity index (χ1v) is 30.7. The summed E-state index contributed by atoms with van der Waals surface area (Å²) in [5.41, 5.74) is 0. The summed E-state index contributed by atoms with van der Waals surface area (Å²) >= 11 is 0. The number of rotatable bonds is 55. The number of carbonyl (C=O) groups is 3. The second-order valence-electron chi connectivity index (χ2n) is 20.2. The zero-order chi connectivity index (χ0) is 52.9. The van der Waals surface area contributed by atoms with Gasteiger partial charge in [0.15, 0.2) is 6.10 Å². The van der Waals surface area contributed by atoms with Gasteiger partial charge in [0.2, 0.25) is 0 Å². The van der Waals surface area contributed by atoms with Gasteiger partial charge in [-0.3, -0.25) is 14.4 Å². The molecular formula is C67H114O6. The minimum atomic E-state index is -0.790. The summed E-state index contributed by atoms with van der Waals surface area (Å²) in [7, 11) is 0. The summed E-state index contributed by atoms with van der Waals surface area (Å²) in [5, 5.41) is 0. The van der Waals surface area contributed by atoms with Gasteiger partial charge in [-0.25, -0.2) is 0 Å². The highest BCUT2D eigenvalue weighted by atomic mass is 16.6. The van der Waals surface area contributed by atoms with Crippen molar-refractivity contribution in [2.75, 3.05) is 13.2 Å². The second kappa shape index (κ2) is 60.9. The van der Waals surface area contributed by atoms with E-state index >= 15 is 0 Å². The maximum Gasteiger partial charge on any atom is 0.306 e. The Balaban J connectivity index is 4.33. The van der Waals surface area contributed by atoms with E-state index in [4.69, 9.17) is 14.2 Å². The van der Waals surface area contributed by atoms with Gasteiger partial charge in [0.1, 0.15) is 13.2 Å². The van der Waals surface area contributed by atoms with Crippen LogP contribution in [0.5, 0.6) is 0 Å². The number of carbonyl (C=O) groups excluding carboxylic acids is 3. The summed E-state index contributed by atoms with van der Waals surface area (Å²) in [6.45, 7) is 6.41. The largest absolute Gasteiger partial charge is 0.462 e. The molecule has 0 aliphatic carbocycles. The number of hydrogen-bond donors (Lipinski definition) is 0. The van der Waals surface area contributed by atoms with E-state index in [-0.39, 0.29) is 31.1 Å². The van der Waals surface area contributed by atoms with E-state index in [0.717, 1.165) is 122 Å². The molecule has 6 nitrogen and oxygen atoms in total. The van der Waals surface area contributed by atoms with Crippen LogP contribution in [0.3, 0.4) is 0 Å². The summed E-state index contributed by atoms with van der Waals surface area (Å²) in [4.78, 5) is 38.2. The number of allylic oxidation sites excluding steroid dienone is 16. The van der Waals surface area contributed by atoms with Gasteiger partial charge in [-0.1, -0.05) is 272 Å². The van der Waals surface area contributed by atoms with Crippen molar-refractivity contribution < 1.29 is 28.6 Å². The molecule has 0 heterocycles. The smallest absolute Gasteiger partial charge is 0.306 e. The molecule has 0 aliphatic rings. The Morgan fingerprint density at radius 2 is 0.534 bits per heavy atom. The Morgan fingerprint density at radius 1 is 0.288 bits per heavy atom. The third-order valence-electron chi connectivity index (χ3n) is 13.1. The highest BCUT2D eigenvalue weighted by Gasteiger charge is 2.19. The molecule has 0 saturated heterocycles. The summed E-state index contributed by atoms with van der Waals surface area (Å²) in [6.07, 6.45) is 81.2. The number of hydrogen-bond acceptors (Lipinski definition) is 6. The van der Waals surface area contributed by atoms with Gasteiger partial charge in [-0.15, -0.1) is 0 Å². The lowest BCUT2D eigenvalue weighted by Gasteiger charge is -2.18. The molecule has 0 radical (unpaired) electrons. The Bertz CT molecular complexity index is 1440. The number of unbranched alkanes of at least 4 members (excludes halogenated alkanes) is 28. The molecule has 0 saturated carbocycles. The van der Waals surface area contributed by atoms with Crippen molar-refractivity contribution in [3.8, 4) is 0 Å². The van der Waals surface area contributed by atoms with Gasteiger partial charge in [0.05, 0.1) is 0 Å². The van der Waals surface area contributed by atoms with Crippen LogP contribution < -0.4 is 0 Å². The van der Waals surface area contributed by atoms with Crippen LogP contribution >= 0.6 is 0 Å². The molecular weight excluding hydrogens is 901 g/mol. The standard InChI is InChI=1S/C67H114O6/c1-4-7-10-13-16-19-22-25-27-29-30-31-32-33-34-35-36-38-39-42-45-48-51-54-57-60-66(69)72-63-64(62-71-65(68)59-56-53-50-47-44-41-24-21-18-15-12-9-6-3)73-67(70)61-58-55-52-49-46-43-40-37-28-26-23-20-17-14-11-8-5-2/h7-8,10-11,16-17,19-20,25-28,30-31,40,43,64H,4-6,9,12-15,18,21-24,29,32-39,41-42,44-63H2,1-3H3/b10-7-,11-8-,19-16-,20-17-,27-25-,28-26-,31-30-,43-40-. The SMILES string of the molecule is CC/C=C\C/C=C\C/C=C\C/C=C\CCCCCCCCCCCCCCC(=O)OCC(COC(=O)CCCCCCCCCCCCCCC)OC(=O)CCCCCC/C=C\C/C=C\C/C=C\C/C=C\CC. The molecule has 0 spiro atoms. The summed E-state index contributed by atoms with van der Waals surface area (Å²) in [6, 6.07) is 0. The molecule has 1 atom stereocenters. The average Bonchev–Trinajstić information content (AvgIpc) is 3.39. The minimum Gasteiger partial charge on any atom is -0.462 e. The number of ether oxygens (including phenoxy) is 3. The van der Waals surface area contributed by atoms with Crippen molar-refractivity contribution in [2.24, 2.45) is 0 Å². The number of esters is 3. The van der Waals surface area contributed by atoms with Crippen molar-refractivity contribution in [3.05, 3.63) is 97.2 Å². The van der Waals surface area contributed by atoms with E-state index in [9.17, 15) is 14.4 Å². The lowest BCUT2D eigenvalue weighted by atomic mass is 10.0. The summed E-state index contributed by atoms with van der Waals surface area (Å²) in [5.74, 6) is -0.903. The Hall–Kier alpha value is -3.67. The highest BCUT2D eigenvalue weighted by molar-refractivity contribution is 5.71. The van der Waals surface area contributed by atoms with E-state index < -0.39 is 6.10 Å². The fraction of sp³-hybridized carbons (Fsp3) is 0.716. The van der Waals surface area contributed by atoms with Crippen LogP contribution in [0.4, 0.5) is 0 Å². The van der Waals surface area contributed by atoms with E-state index in [1.54, 1.807) is 0 Å². The molecule has 418 valence electrons. The topological polar surface area (TPSA) is 78.9 Å². The van der Waals surface area contributed by atoms with Gasteiger partial charge in [-0.05, 0) is 96.3 Å². The van der Waals surface area contributed by atoms with Crippen LogP contribution in [-0.2, 0) is 28.6 Å². The molecule has 0 aromatic carbocycles. The van der Waals surface area contributed by atoms with E-state index in [0.29, 0.717) is 19.3 Å².